The molecule has 0 aliphatic carbocycles. The van der Waals surface area contributed by atoms with Crippen molar-refractivity contribution >= 4 is 11.8 Å². The van der Waals surface area contributed by atoms with E-state index in [4.69, 9.17) is 4.74 Å². The number of nitrogens with one attached hydrogen (secondary N) is 1. The number of rotatable bonds is 6. The van der Waals surface area contributed by atoms with Gasteiger partial charge in [-0.1, -0.05) is 38.1 Å². The molecule has 0 saturated carbocycles. The van der Waals surface area contributed by atoms with Gasteiger partial charge in [0.1, 0.15) is 11.6 Å². The largest absolute Gasteiger partial charge is 0.497 e. The third-order valence-corrected chi connectivity index (χ3v) is 5.39. The zero-order valence-corrected chi connectivity index (χ0v) is 17.0. The summed E-state index contributed by atoms with van der Waals surface area (Å²) in [6, 6.07) is 13.7. The molecule has 0 unspecified atom stereocenters. The van der Waals surface area contributed by atoms with Crippen molar-refractivity contribution in [3.05, 3.63) is 65.5 Å². The van der Waals surface area contributed by atoms with E-state index in [9.17, 15) is 14.0 Å². The Morgan fingerprint density at radius 1 is 1.10 bits per heavy atom. The van der Waals surface area contributed by atoms with Crippen LogP contribution < -0.4 is 10.1 Å². The van der Waals surface area contributed by atoms with E-state index in [1.165, 1.54) is 12.1 Å². The summed E-state index contributed by atoms with van der Waals surface area (Å²) in [7, 11) is 1.61. The van der Waals surface area contributed by atoms with Gasteiger partial charge in [0.25, 0.3) is 0 Å². The standard InChI is InChI=1S/C23H27FN2O3/c1-15(2)23(28)26-13-20(17-6-10-19(29-3)11-7-17)21(14-26)22(27)25-12-16-4-8-18(24)9-5-16/h4-11,15,20-21H,12-14H2,1-3H3,(H,25,27)/t20-,21-/m1/s1. The summed E-state index contributed by atoms with van der Waals surface area (Å²) < 4.78 is 18.3. The first-order valence-corrected chi connectivity index (χ1v) is 9.84. The highest BCUT2D eigenvalue weighted by molar-refractivity contribution is 5.84. The second-order valence-electron chi connectivity index (χ2n) is 7.73. The van der Waals surface area contributed by atoms with E-state index in [-0.39, 0.29) is 35.4 Å². The number of hydrogen-bond donors (Lipinski definition) is 1. The molecule has 0 bridgehead atoms. The van der Waals surface area contributed by atoms with Gasteiger partial charge < -0.3 is 15.0 Å². The van der Waals surface area contributed by atoms with Crippen LogP contribution in [0.15, 0.2) is 48.5 Å². The summed E-state index contributed by atoms with van der Waals surface area (Å²) in [6.45, 7) is 4.96. The average molecular weight is 398 g/mol. The summed E-state index contributed by atoms with van der Waals surface area (Å²) >= 11 is 0. The van der Waals surface area contributed by atoms with Crippen LogP contribution in [0.2, 0.25) is 0 Å². The Morgan fingerprint density at radius 2 is 1.76 bits per heavy atom. The quantitative estimate of drug-likeness (QED) is 0.812. The molecule has 1 aliphatic rings. The molecule has 2 atom stereocenters. The molecule has 1 aliphatic heterocycles. The number of ether oxygens (including phenoxy) is 1. The normalized spacial score (nSPS) is 18.7. The summed E-state index contributed by atoms with van der Waals surface area (Å²) in [5, 5.41) is 2.95. The molecular formula is C23H27FN2O3. The SMILES string of the molecule is COc1ccc([C@H]2CN(C(=O)C(C)C)C[C@H]2C(=O)NCc2ccc(F)cc2)cc1. The van der Waals surface area contributed by atoms with Crippen LogP contribution in [-0.2, 0) is 16.1 Å². The number of likely N-dealkylation sites (tertiary alicyclic amines) is 1. The molecule has 2 aromatic carbocycles. The zero-order chi connectivity index (χ0) is 21.0. The van der Waals surface area contributed by atoms with Crippen LogP contribution in [0.3, 0.4) is 0 Å². The van der Waals surface area contributed by atoms with E-state index >= 15 is 0 Å². The van der Waals surface area contributed by atoms with Crippen LogP contribution in [0.25, 0.3) is 0 Å². The van der Waals surface area contributed by atoms with Gasteiger partial charge in [0.2, 0.25) is 11.8 Å². The van der Waals surface area contributed by atoms with Gasteiger partial charge in [0, 0.05) is 31.5 Å². The number of carbonyl (C=O) groups excluding carboxylic acids is 2. The van der Waals surface area contributed by atoms with Crippen LogP contribution in [0.5, 0.6) is 5.75 Å². The Labute approximate surface area is 170 Å². The van der Waals surface area contributed by atoms with E-state index in [0.717, 1.165) is 16.9 Å². The fourth-order valence-corrected chi connectivity index (χ4v) is 3.73. The highest BCUT2D eigenvalue weighted by Gasteiger charge is 2.40. The minimum absolute atomic E-state index is 0.0531. The molecule has 1 N–H and O–H groups in total. The molecule has 3 rings (SSSR count). The lowest BCUT2D eigenvalue weighted by molar-refractivity contribution is -0.133. The lowest BCUT2D eigenvalue weighted by Crippen LogP contribution is -2.36. The number of hydrogen-bond acceptors (Lipinski definition) is 3. The maximum atomic E-state index is 13.1. The van der Waals surface area contributed by atoms with Crippen LogP contribution in [0.1, 0.15) is 30.9 Å². The molecule has 154 valence electrons. The van der Waals surface area contributed by atoms with Crippen molar-refractivity contribution < 1.29 is 18.7 Å². The van der Waals surface area contributed by atoms with Crippen molar-refractivity contribution in [2.75, 3.05) is 20.2 Å². The molecule has 1 saturated heterocycles. The van der Waals surface area contributed by atoms with Gasteiger partial charge in [-0.15, -0.1) is 0 Å². The molecule has 0 aromatic heterocycles. The lowest BCUT2D eigenvalue weighted by Gasteiger charge is -2.18. The fourth-order valence-electron chi connectivity index (χ4n) is 3.73. The summed E-state index contributed by atoms with van der Waals surface area (Å²) in [5.41, 5.74) is 1.83. The van der Waals surface area contributed by atoms with Crippen molar-refractivity contribution in [1.29, 1.82) is 0 Å². The third kappa shape index (κ3) is 4.94. The van der Waals surface area contributed by atoms with Gasteiger partial charge in [0.15, 0.2) is 0 Å². The Kier molecular flexibility index (Phi) is 6.52. The molecule has 0 radical (unpaired) electrons. The summed E-state index contributed by atoms with van der Waals surface area (Å²) in [5.74, 6) is -0.153. The molecule has 5 nitrogen and oxygen atoms in total. The first-order chi connectivity index (χ1) is 13.9. The van der Waals surface area contributed by atoms with Crippen LogP contribution in [-0.4, -0.2) is 36.9 Å². The Morgan fingerprint density at radius 3 is 2.34 bits per heavy atom. The summed E-state index contributed by atoms with van der Waals surface area (Å²) in [6.07, 6.45) is 0. The number of amides is 2. The molecule has 29 heavy (non-hydrogen) atoms. The van der Waals surface area contributed by atoms with Crippen molar-refractivity contribution in [3.8, 4) is 5.75 Å². The number of halogens is 1. The Bertz CT molecular complexity index is 849. The Hall–Kier alpha value is -2.89. The molecule has 0 spiro atoms. The van der Waals surface area contributed by atoms with Crippen LogP contribution >= 0.6 is 0 Å². The van der Waals surface area contributed by atoms with E-state index in [2.05, 4.69) is 5.32 Å². The number of carbonyl (C=O) groups is 2. The second-order valence-corrected chi connectivity index (χ2v) is 7.73. The lowest BCUT2D eigenvalue weighted by atomic mass is 9.88. The zero-order valence-electron chi connectivity index (χ0n) is 17.0. The van der Waals surface area contributed by atoms with Crippen LogP contribution in [0, 0.1) is 17.7 Å². The molecule has 2 amide bonds. The maximum Gasteiger partial charge on any atom is 0.225 e. The van der Waals surface area contributed by atoms with E-state index in [1.54, 1.807) is 24.1 Å². The first-order valence-electron chi connectivity index (χ1n) is 9.84. The predicted molar refractivity (Wildman–Crippen MR) is 109 cm³/mol. The van der Waals surface area contributed by atoms with Gasteiger partial charge in [-0.3, -0.25) is 9.59 Å². The van der Waals surface area contributed by atoms with Crippen molar-refractivity contribution in [1.82, 2.24) is 10.2 Å². The average Bonchev–Trinajstić information content (AvgIpc) is 3.18. The van der Waals surface area contributed by atoms with Gasteiger partial charge in [-0.2, -0.15) is 0 Å². The topological polar surface area (TPSA) is 58.6 Å². The Balaban J connectivity index is 1.76. The highest BCUT2D eigenvalue weighted by atomic mass is 19.1. The number of benzene rings is 2. The van der Waals surface area contributed by atoms with Crippen molar-refractivity contribution in [2.45, 2.75) is 26.3 Å². The van der Waals surface area contributed by atoms with Crippen LogP contribution in [0.4, 0.5) is 4.39 Å². The highest BCUT2D eigenvalue weighted by Crippen LogP contribution is 2.34. The molecule has 2 aromatic rings. The van der Waals surface area contributed by atoms with Crippen molar-refractivity contribution in [3.63, 3.8) is 0 Å². The summed E-state index contributed by atoms with van der Waals surface area (Å²) in [4.78, 5) is 27.3. The first kappa shape index (κ1) is 20.8. The van der Waals surface area contributed by atoms with E-state index in [1.807, 2.05) is 38.1 Å². The smallest absolute Gasteiger partial charge is 0.225 e. The molecule has 1 heterocycles. The molecular weight excluding hydrogens is 371 g/mol. The predicted octanol–water partition coefficient (Wildman–Crippen LogP) is 3.35. The van der Waals surface area contributed by atoms with Crippen molar-refractivity contribution in [2.24, 2.45) is 11.8 Å². The fraction of sp³-hybridized carbons (Fsp3) is 0.391. The number of nitrogens with zero attached hydrogens (tertiary/aromatic N) is 1. The number of methoxy groups -OCH3 is 1. The van der Waals surface area contributed by atoms with Gasteiger partial charge in [0.05, 0.1) is 13.0 Å². The maximum absolute atomic E-state index is 13.1. The molecule has 1 fully saturated rings. The van der Waals surface area contributed by atoms with E-state index in [0.29, 0.717) is 19.6 Å². The van der Waals surface area contributed by atoms with Gasteiger partial charge in [-0.05, 0) is 35.4 Å². The van der Waals surface area contributed by atoms with E-state index < -0.39 is 0 Å². The second kappa shape index (κ2) is 9.07. The minimum atomic E-state index is -0.341. The third-order valence-electron chi connectivity index (χ3n) is 5.39. The van der Waals surface area contributed by atoms with Gasteiger partial charge >= 0.3 is 0 Å². The monoisotopic (exact) mass is 398 g/mol. The molecule has 6 heteroatoms. The minimum Gasteiger partial charge on any atom is -0.497 e. The van der Waals surface area contributed by atoms with Gasteiger partial charge in [-0.25, -0.2) is 4.39 Å².